The zero-order chi connectivity index (χ0) is 19.3. The molecule has 0 aliphatic carbocycles. The minimum atomic E-state index is -0.703. The number of anilines is 1. The number of H-pyrrole nitrogens is 1. The first kappa shape index (κ1) is 20.0. The van der Waals surface area contributed by atoms with E-state index in [0.29, 0.717) is 28.9 Å². The van der Waals surface area contributed by atoms with Gasteiger partial charge in [0.1, 0.15) is 5.69 Å². The van der Waals surface area contributed by atoms with Crippen LogP contribution in [0.1, 0.15) is 39.0 Å². The van der Waals surface area contributed by atoms with Gasteiger partial charge in [0.15, 0.2) is 6.61 Å². The molecule has 1 aromatic carbocycles. The maximum Gasteiger partial charge on any atom is 0.355 e. The monoisotopic (exact) mass is 470 g/mol. The van der Waals surface area contributed by atoms with E-state index >= 15 is 0 Å². The lowest BCUT2D eigenvalue weighted by molar-refractivity contribution is -0.119. The fourth-order valence-electron chi connectivity index (χ4n) is 2.46. The molecule has 1 amide bonds. The van der Waals surface area contributed by atoms with Gasteiger partial charge in [-0.15, -0.1) is 0 Å². The summed E-state index contributed by atoms with van der Waals surface area (Å²) in [4.78, 5) is 39.1. The SMILES string of the molecule is CCc1[nH]c(C(=O)OCC(=O)Nc2ccccc2I)c(C)c1C(=O)OC. The summed E-state index contributed by atoms with van der Waals surface area (Å²) in [6.45, 7) is 3.05. The molecule has 0 fully saturated rings. The van der Waals surface area contributed by atoms with Crippen molar-refractivity contribution >= 4 is 46.1 Å². The van der Waals surface area contributed by atoms with Crippen molar-refractivity contribution in [3.63, 3.8) is 0 Å². The molecule has 0 aliphatic heterocycles. The molecule has 0 bridgehead atoms. The number of carbonyl (C=O) groups is 3. The molecule has 0 atom stereocenters. The van der Waals surface area contributed by atoms with Crippen LogP contribution in [0.4, 0.5) is 5.69 Å². The second kappa shape index (κ2) is 8.84. The molecule has 1 heterocycles. The summed E-state index contributed by atoms with van der Waals surface area (Å²) in [5, 5.41) is 2.68. The van der Waals surface area contributed by atoms with Crippen molar-refractivity contribution in [2.75, 3.05) is 19.0 Å². The second-order valence-electron chi connectivity index (χ2n) is 5.43. The zero-order valence-corrected chi connectivity index (χ0v) is 16.8. The van der Waals surface area contributed by atoms with Crippen LogP contribution < -0.4 is 5.32 Å². The molecule has 26 heavy (non-hydrogen) atoms. The minimum absolute atomic E-state index is 0.143. The van der Waals surface area contributed by atoms with Gasteiger partial charge in [0, 0.05) is 9.26 Å². The van der Waals surface area contributed by atoms with Crippen molar-refractivity contribution in [1.82, 2.24) is 4.98 Å². The van der Waals surface area contributed by atoms with Gasteiger partial charge in [-0.05, 0) is 53.6 Å². The number of halogens is 1. The van der Waals surface area contributed by atoms with Crippen LogP contribution in [0, 0.1) is 10.5 Å². The fourth-order valence-corrected chi connectivity index (χ4v) is 2.98. The standard InChI is InChI=1S/C18H19IN2O5/c1-4-12-15(17(23)25-3)10(2)16(21-12)18(24)26-9-14(22)20-13-8-6-5-7-11(13)19/h5-8,21H,4,9H2,1-3H3,(H,20,22). The third kappa shape index (κ3) is 4.43. The zero-order valence-electron chi connectivity index (χ0n) is 14.6. The number of para-hydroxylation sites is 1. The number of hydrogen-bond acceptors (Lipinski definition) is 5. The van der Waals surface area contributed by atoms with Crippen molar-refractivity contribution in [3.05, 3.63) is 50.4 Å². The van der Waals surface area contributed by atoms with E-state index in [4.69, 9.17) is 9.47 Å². The number of ether oxygens (including phenoxy) is 2. The molecule has 0 spiro atoms. The van der Waals surface area contributed by atoms with Gasteiger partial charge in [0.2, 0.25) is 0 Å². The van der Waals surface area contributed by atoms with Crippen molar-refractivity contribution in [2.24, 2.45) is 0 Å². The Kier molecular flexibility index (Phi) is 6.78. The Balaban J connectivity index is 2.06. The number of nitrogens with one attached hydrogen (secondary N) is 2. The van der Waals surface area contributed by atoms with Crippen molar-refractivity contribution in [3.8, 4) is 0 Å². The quantitative estimate of drug-likeness (QED) is 0.500. The van der Waals surface area contributed by atoms with Crippen LogP contribution in [-0.4, -0.2) is 36.5 Å². The Morgan fingerprint density at radius 3 is 2.50 bits per heavy atom. The van der Waals surface area contributed by atoms with E-state index in [-0.39, 0.29) is 5.69 Å². The molecule has 2 N–H and O–H groups in total. The van der Waals surface area contributed by atoms with Gasteiger partial charge < -0.3 is 19.8 Å². The minimum Gasteiger partial charge on any atom is -0.465 e. The molecule has 0 saturated heterocycles. The van der Waals surface area contributed by atoms with Gasteiger partial charge in [0.05, 0.1) is 18.4 Å². The summed E-state index contributed by atoms with van der Waals surface area (Å²) in [5.74, 6) is -1.67. The van der Waals surface area contributed by atoms with Crippen LogP contribution in [0.2, 0.25) is 0 Å². The Hall–Kier alpha value is -2.36. The average molecular weight is 470 g/mol. The van der Waals surface area contributed by atoms with Crippen LogP contribution in [-0.2, 0) is 20.7 Å². The number of methoxy groups -OCH3 is 1. The Labute approximate surface area is 164 Å². The highest BCUT2D eigenvalue weighted by Crippen LogP contribution is 2.21. The molecule has 2 aromatic rings. The number of rotatable bonds is 6. The van der Waals surface area contributed by atoms with Crippen LogP contribution in [0.3, 0.4) is 0 Å². The molecule has 1 aromatic heterocycles. The average Bonchev–Trinajstić information content (AvgIpc) is 2.97. The number of aryl methyl sites for hydroxylation is 1. The molecule has 2 rings (SSSR count). The number of benzene rings is 1. The first-order valence-corrected chi connectivity index (χ1v) is 8.98. The molecule has 7 nitrogen and oxygen atoms in total. The Morgan fingerprint density at radius 1 is 1.19 bits per heavy atom. The lowest BCUT2D eigenvalue weighted by Gasteiger charge is -2.08. The van der Waals surface area contributed by atoms with E-state index < -0.39 is 24.5 Å². The highest BCUT2D eigenvalue weighted by molar-refractivity contribution is 14.1. The Bertz CT molecular complexity index is 844. The Morgan fingerprint density at radius 2 is 1.88 bits per heavy atom. The lowest BCUT2D eigenvalue weighted by atomic mass is 10.1. The molecular weight excluding hydrogens is 451 g/mol. The van der Waals surface area contributed by atoms with Crippen molar-refractivity contribution in [2.45, 2.75) is 20.3 Å². The number of hydrogen-bond donors (Lipinski definition) is 2. The smallest absolute Gasteiger partial charge is 0.355 e. The van der Waals surface area contributed by atoms with Crippen molar-refractivity contribution in [1.29, 1.82) is 0 Å². The van der Waals surface area contributed by atoms with Crippen molar-refractivity contribution < 1.29 is 23.9 Å². The normalized spacial score (nSPS) is 10.3. The highest BCUT2D eigenvalue weighted by Gasteiger charge is 2.24. The first-order valence-electron chi connectivity index (χ1n) is 7.90. The maximum absolute atomic E-state index is 12.3. The summed E-state index contributed by atoms with van der Waals surface area (Å²) in [5.41, 5.74) is 2.14. The van der Waals surface area contributed by atoms with Crippen LogP contribution >= 0.6 is 22.6 Å². The number of carbonyl (C=O) groups excluding carboxylic acids is 3. The summed E-state index contributed by atoms with van der Waals surface area (Å²) in [7, 11) is 1.28. The largest absolute Gasteiger partial charge is 0.465 e. The summed E-state index contributed by atoms with van der Waals surface area (Å²) < 4.78 is 10.7. The number of aromatic nitrogens is 1. The van der Waals surface area contributed by atoms with E-state index in [0.717, 1.165) is 3.57 Å². The molecule has 8 heteroatoms. The van der Waals surface area contributed by atoms with E-state index in [1.165, 1.54) is 7.11 Å². The molecular formula is C18H19IN2O5. The molecule has 0 saturated carbocycles. The topological polar surface area (TPSA) is 97.5 Å². The summed E-state index contributed by atoms with van der Waals surface area (Å²) in [6.07, 6.45) is 0.519. The molecule has 0 unspecified atom stereocenters. The van der Waals surface area contributed by atoms with Crippen LogP contribution in [0.5, 0.6) is 0 Å². The van der Waals surface area contributed by atoms with Crippen LogP contribution in [0.15, 0.2) is 24.3 Å². The van der Waals surface area contributed by atoms with Crippen LogP contribution in [0.25, 0.3) is 0 Å². The van der Waals surface area contributed by atoms with Gasteiger partial charge in [-0.2, -0.15) is 0 Å². The number of amides is 1. The van der Waals surface area contributed by atoms with E-state index in [9.17, 15) is 14.4 Å². The third-order valence-electron chi connectivity index (χ3n) is 3.76. The summed E-state index contributed by atoms with van der Waals surface area (Å²) >= 11 is 2.10. The highest BCUT2D eigenvalue weighted by atomic mass is 127. The van der Waals surface area contributed by atoms with Gasteiger partial charge in [-0.1, -0.05) is 19.1 Å². The first-order chi connectivity index (χ1) is 12.4. The number of aromatic amines is 1. The van der Waals surface area contributed by atoms with E-state index in [2.05, 4.69) is 32.9 Å². The third-order valence-corrected chi connectivity index (χ3v) is 4.70. The van der Waals surface area contributed by atoms with Gasteiger partial charge in [-0.3, -0.25) is 4.79 Å². The lowest BCUT2D eigenvalue weighted by Crippen LogP contribution is -2.21. The van der Waals surface area contributed by atoms with Gasteiger partial charge in [-0.25, -0.2) is 9.59 Å². The van der Waals surface area contributed by atoms with E-state index in [1.54, 1.807) is 19.1 Å². The fraction of sp³-hybridized carbons (Fsp3) is 0.278. The van der Waals surface area contributed by atoms with E-state index in [1.807, 2.05) is 19.1 Å². The molecule has 0 aliphatic rings. The predicted octanol–water partition coefficient (Wildman–Crippen LogP) is 3.07. The predicted molar refractivity (Wildman–Crippen MR) is 104 cm³/mol. The maximum atomic E-state index is 12.3. The number of esters is 2. The van der Waals surface area contributed by atoms with Gasteiger partial charge >= 0.3 is 11.9 Å². The molecule has 138 valence electrons. The van der Waals surface area contributed by atoms with Gasteiger partial charge in [0.25, 0.3) is 5.91 Å². The molecule has 0 radical (unpaired) electrons. The summed E-state index contributed by atoms with van der Waals surface area (Å²) in [6, 6.07) is 7.26. The second-order valence-corrected chi connectivity index (χ2v) is 6.59.